The monoisotopic (exact) mass is 414 g/mol. The van der Waals surface area contributed by atoms with Crippen LogP contribution in [0, 0.1) is 11.7 Å². The number of piperazine rings is 1. The smallest absolute Gasteiger partial charge is 0.338 e. The van der Waals surface area contributed by atoms with Crippen LogP contribution >= 0.6 is 0 Å². The van der Waals surface area contributed by atoms with Crippen molar-refractivity contribution >= 4 is 17.6 Å². The van der Waals surface area contributed by atoms with E-state index in [-0.39, 0.29) is 18.3 Å². The molecule has 160 valence electrons. The molecule has 1 amide bonds. The summed E-state index contributed by atoms with van der Waals surface area (Å²) in [7, 11) is 0. The van der Waals surface area contributed by atoms with Gasteiger partial charge in [0.1, 0.15) is 11.6 Å². The van der Waals surface area contributed by atoms with E-state index in [1.807, 2.05) is 13.8 Å². The molecule has 0 N–H and O–H groups in total. The molecule has 1 heterocycles. The predicted molar refractivity (Wildman–Crippen MR) is 112 cm³/mol. The quantitative estimate of drug-likeness (QED) is 0.651. The van der Waals surface area contributed by atoms with Crippen LogP contribution in [0.4, 0.5) is 10.1 Å². The molecule has 0 radical (unpaired) electrons. The van der Waals surface area contributed by atoms with Crippen molar-refractivity contribution in [1.82, 2.24) is 4.90 Å². The molecule has 0 bridgehead atoms. The van der Waals surface area contributed by atoms with Crippen molar-refractivity contribution in [2.75, 3.05) is 44.3 Å². The van der Waals surface area contributed by atoms with Crippen LogP contribution in [0.25, 0.3) is 0 Å². The van der Waals surface area contributed by atoms with Crippen molar-refractivity contribution in [2.45, 2.75) is 13.8 Å². The predicted octanol–water partition coefficient (Wildman–Crippen LogP) is 3.37. The third kappa shape index (κ3) is 5.95. The SMILES string of the molecule is CC(C)COc1cccc(C(=O)OCC(=O)N2CCN(c3ccc(F)cc3)CC2)c1. The van der Waals surface area contributed by atoms with Crippen molar-refractivity contribution in [1.29, 1.82) is 0 Å². The van der Waals surface area contributed by atoms with Crippen LogP contribution in [0.1, 0.15) is 24.2 Å². The van der Waals surface area contributed by atoms with Crippen molar-refractivity contribution in [3.05, 3.63) is 59.9 Å². The van der Waals surface area contributed by atoms with Gasteiger partial charge < -0.3 is 19.3 Å². The molecule has 3 rings (SSSR count). The Bertz CT molecular complexity index is 862. The summed E-state index contributed by atoms with van der Waals surface area (Å²) in [6.45, 7) is 6.67. The zero-order valence-electron chi connectivity index (χ0n) is 17.3. The first kappa shape index (κ1) is 21.6. The van der Waals surface area contributed by atoms with E-state index in [0.29, 0.717) is 50.0 Å². The molecular formula is C23H27FN2O4. The van der Waals surface area contributed by atoms with Gasteiger partial charge in [-0.3, -0.25) is 4.79 Å². The van der Waals surface area contributed by atoms with E-state index in [9.17, 15) is 14.0 Å². The third-order valence-electron chi connectivity index (χ3n) is 4.80. The Labute approximate surface area is 176 Å². The Morgan fingerprint density at radius 2 is 1.73 bits per heavy atom. The molecule has 1 fully saturated rings. The largest absolute Gasteiger partial charge is 0.493 e. The van der Waals surface area contributed by atoms with E-state index < -0.39 is 5.97 Å². The number of ether oxygens (including phenoxy) is 2. The van der Waals surface area contributed by atoms with Crippen LogP contribution in [-0.4, -0.2) is 56.2 Å². The maximum absolute atomic E-state index is 13.1. The Kier molecular flexibility index (Phi) is 7.27. The highest BCUT2D eigenvalue weighted by atomic mass is 19.1. The van der Waals surface area contributed by atoms with Crippen LogP contribution in [-0.2, 0) is 9.53 Å². The lowest BCUT2D eigenvalue weighted by molar-refractivity contribution is -0.134. The molecule has 0 aromatic heterocycles. The molecule has 0 spiro atoms. The molecule has 2 aromatic rings. The van der Waals surface area contributed by atoms with Gasteiger partial charge in [0.15, 0.2) is 6.61 Å². The van der Waals surface area contributed by atoms with Crippen molar-refractivity contribution in [3.8, 4) is 5.75 Å². The van der Waals surface area contributed by atoms with Crippen molar-refractivity contribution < 1.29 is 23.5 Å². The van der Waals surface area contributed by atoms with Crippen molar-refractivity contribution in [2.24, 2.45) is 5.92 Å². The first-order chi connectivity index (χ1) is 14.4. The lowest BCUT2D eigenvalue weighted by Gasteiger charge is -2.36. The van der Waals surface area contributed by atoms with Gasteiger partial charge in [-0.05, 0) is 48.4 Å². The summed E-state index contributed by atoms with van der Waals surface area (Å²) in [5, 5.41) is 0. The molecule has 1 aliphatic heterocycles. The molecular weight excluding hydrogens is 387 g/mol. The second-order valence-electron chi connectivity index (χ2n) is 7.65. The van der Waals surface area contributed by atoms with Gasteiger partial charge in [-0.1, -0.05) is 19.9 Å². The number of anilines is 1. The second kappa shape index (κ2) is 10.1. The first-order valence-corrected chi connectivity index (χ1v) is 10.1. The minimum atomic E-state index is -0.553. The van der Waals surface area contributed by atoms with Gasteiger partial charge in [0.2, 0.25) is 0 Å². The molecule has 2 aromatic carbocycles. The number of carbonyl (C=O) groups excluding carboxylic acids is 2. The number of nitrogens with zero attached hydrogens (tertiary/aromatic N) is 2. The second-order valence-corrected chi connectivity index (χ2v) is 7.65. The lowest BCUT2D eigenvalue weighted by Crippen LogP contribution is -2.49. The van der Waals surface area contributed by atoms with E-state index in [0.717, 1.165) is 5.69 Å². The fourth-order valence-electron chi connectivity index (χ4n) is 3.14. The van der Waals surface area contributed by atoms with E-state index in [2.05, 4.69) is 4.90 Å². The van der Waals surface area contributed by atoms with Gasteiger partial charge in [0, 0.05) is 31.9 Å². The molecule has 6 nitrogen and oxygen atoms in total. The molecule has 30 heavy (non-hydrogen) atoms. The Balaban J connectivity index is 1.46. The molecule has 0 unspecified atom stereocenters. The molecule has 0 atom stereocenters. The maximum atomic E-state index is 13.1. The number of amides is 1. The van der Waals surface area contributed by atoms with Gasteiger partial charge in [-0.15, -0.1) is 0 Å². The highest BCUT2D eigenvalue weighted by Gasteiger charge is 2.22. The standard InChI is InChI=1S/C23H27FN2O4/c1-17(2)15-29-21-5-3-4-18(14-21)23(28)30-16-22(27)26-12-10-25(11-13-26)20-8-6-19(24)7-9-20/h3-9,14,17H,10-13,15-16H2,1-2H3. The van der Waals surface area contributed by atoms with Crippen LogP contribution < -0.4 is 9.64 Å². The average Bonchev–Trinajstić information content (AvgIpc) is 2.76. The zero-order chi connectivity index (χ0) is 21.5. The summed E-state index contributed by atoms with van der Waals surface area (Å²) in [6, 6.07) is 13.1. The first-order valence-electron chi connectivity index (χ1n) is 10.1. The van der Waals surface area contributed by atoms with E-state index in [4.69, 9.17) is 9.47 Å². The van der Waals surface area contributed by atoms with E-state index in [1.165, 1.54) is 12.1 Å². The number of carbonyl (C=O) groups is 2. The van der Waals surface area contributed by atoms with Gasteiger partial charge in [-0.25, -0.2) is 9.18 Å². The number of hydrogen-bond acceptors (Lipinski definition) is 5. The molecule has 1 saturated heterocycles. The summed E-state index contributed by atoms with van der Waals surface area (Å²) in [5.74, 6) is -0.0767. The Hall–Kier alpha value is -3.09. The Morgan fingerprint density at radius 1 is 1.03 bits per heavy atom. The van der Waals surface area contributed by atoms with Gasteiger partial charge in [-0.2, -0.15) is 0 Å². The molecule has 0 aliphatic carbocycles. The molecule has 0 saturated carbocycles. The minimum absolute atomic E-state index is 0.227. The van der Waals surface area contributed by atoms with E-state index in [1.54, 1.807) is 41.3 Å². The molecule has 1 aliphatic rings. The third-order valence-corrected chi connectivity index (χ3v) is 4.80. The fraction of sp³-hybridized carbons (Fsp3) is 0.391. The maximum Gasteiger partial charge on any atom is 0.338 e. The summed E-state index contributed by atoms with van der Waals surface area (Å²) in [5.41, 5.74) is 1.28. The van der Waals surface area contributed by atoms with Crippen molar-refractivity contribution in [3.63, 3.8) is 0 Å². The van der Waals surface area contributed by atoms with Crippen LogP contribution in [0.3, 0.4) is 0 Å². The minimum Gasteiger partial charge on any atom is -0.493 e. The molecule has 7 heteroatoms. The normalized spacial score (nSPS) is 14.0. The van der Waals surface area contributed by atoms with Gasteiger partial charge in [0.05, 0.1) is 12.2 Å². The summed E-state index contributed by atoms with van der Waals surface area (Å²) < 4.78 is 23.9. The number of esters is 1. The van der Waals surface area contributed by atoms with Crippen LogP contribution in [0.5, 0.6) is 5.75 Å². The van der Waals surface area contributed by atoms with Gasteiger partial charge in [0.25, 0.3) is 5.91 Å². The number of halogens is 1. The number of hydrogen-bond donors (Lipinski definition) is 0. The number of benzene rings is 2. The topological polar surface area (TPSA) is 59.1 Å². The summed E-state index contributed by atoms with van der Waals surface area (Å²) >= 11 is 0. The number of rotatable bonds is 7. The van der Waals surface area contributed by atoms with Crippen LogP contribution in [0.15, 0.2) is 48.5 Å². The highest BCUT2D eigenvalue weighted by Crippen LogP contribution is 2.18. The Morgan fingerprint density at radius 3 is 2.40 bits per heavy atom. The van der Waals surface area contributed by atoms with Gasteiger partial charge >= 0.3 is 5.97 Å². The average molecular weight is 414 g/mol. The van der Waals surface area contributed by atoms with E-state index >= 15 is 0 Å². The summed E-state index contributed by atoms with van der Waals surface area (Å²) in [4.78, 5) is 28.5. The zero-order valence-corrected chi connectivity index (χ0v) is 17.3. The highest BCUT2D eigenvalue weighted by molar-refractivity contribution is 5.91. The lowest BCUT2D eigenvalue weighted by atomic mass is 10.2. The fourth-order valence-corrected chi connectivity index (χ4v) is 3.14. The summed E-state index contributed by atoms with van der Waals surface area (Å²) in [6.07, 6.45) is 0. The van der Waals surface area contributed by atoms with Crippen LogP contribution in [0.2, 0.25) is 0 Å².